The normalized spacial score (nSPS) is 12.2. The van der Waals surface area contributed by atoms with Crippen molar-refractivity contribution in [2.45, 2.75) is 0 Å². The third-order valence-corrected chi connectivity index (χ3v) is 3.36. The van der Waals surface area contributed by atoms with E-state index in [0.29, 0.717) is 22.4 Å². The number of anilines is 1. The molecule has 108 valence electrons. The molecular formula is C17H11NO4. The molecule has 1 aliphatic rings. The van der Waals surface area contributed by atoms with Gasteiger partial charge in [-0.15, -0.1) is 0 Å². The quantitative estimate of drug-likeness (QED) is 0.737. The minimum atomic E-state index is -0.718. The lowest BCUT2D eigenvalue weighted by molar-refractivity contribution is 0.0979. The van der Waals surface area contributed by atoms with E-state index in [4.69, 9.17) is 0 Å². The molecule has 5 nitrogen and oxygen atoms in total. The summed E-state index contributed by atoms with van der Waals surface area (Å²) in [5, 5.41) is 2.46. The van der Waals surface area contributed by atoms with Crippen molar-refractivity contribution in [1.29, 1.82) is 0 Å². The number of carbonyl (C=O) groups is 3. The number of ether oxygens (including phenoxy) is 1. The van der Waals surface area contributed by atoms with Gasteiger partial charge in [-0.2, -0.15) is 0 Å². The average molecular weight is 293 g/mol. The largest absolute Gasteiger partial charge is 0.419 e. The maximum Gasteiger partial charge on any atom is 0.416 e. The number of hydrogen-bond donors (Lipinski definition) is 1. The summed E-state index contributed by atoms with van der Waals surface area (Å²) in [5.41, 5.74) is 1.72. The highest BCUT2D eigenvalue weighted by Crippen LogP contribution is 2.29. The second kappa shape index (κ2) is 5.29. The molecule has 1 aliphatic carbocycles. The summed E-state index contributed by atoms with van der Waals surface area (Å²) in [6.07, 6.45) is 0.281. The van der Waals surface area contributed by atoms with E-state index in [-0.39, 0.29) is 17.1 Å². The van der Waals surface area contributed by atoms with Crippen molar-refractivity contribution in [3.8, 4) is 0 Å². The molecule has 0 saturated carbocycles. The third kappa shape index (κ3) is 2.18. The Morgan fingerprint density at radius 2 is 1.55 bits per heavy atom. The van der Waals surface area contributed by atoms with Gasteiger partial charge in [-0.25, -0.2) is 4.79 Å². The van der Waals surface area contributed by atoms with Gasteiger partial charge in [0.05, 0.1) is 6.26 Å². The van der Waals surface area contributed by atoms with Gasteiger partial charge in [-0.1, -0.05) is 30.8 Å². The van der Waals surface area contributed by atoms with E-state index >= 15 is 0 Å². The zero-order valence-electron chi connectivity index (χ0n) is 11.5. The molecular weight excluding hydrogens is 282 g/mol. The molecule has 0 spiro atoms. The number of carbonyl (C=O) groups excluding carboxylic acids is 3. The maximum atomic E-state index is 12.5. The first kappa shape index (κ1) is 13.8. The topological polar surface area (TPSA) is 72.5 Å². The van der Waals surface area contributed by atoms with E-state index in [1.54, 1.807) is 30.3 Å². The summed E-state index contributed by atoms with van der Waals surface area (Å²) in [5.74, 6) is -0.448. The van der Waals surface area contributed by atoms with E-state index in [0.717, 1.165) is 6.26 Å². The molecule has 2 aromatic carbocycles. The monoisotopic (exact) mass is 293 g/mol. The van der Waals surface area contributed by atoms with Gasteiger partial charge in [0, 0.05) is 27.9 Å². The van der Waals surface area contributed by atoms with Gasteiger partial charge in [0.25, 0.3) is 0 Å². The lowest BCUT2D eigenvalue weighted by atomic mass is 9.84. The molecule has 1 N–H and O–H groups in total. The molecule has 0 heterocycles. The zero-order valence-corrected chi connectivity index (χ0v) is 11.5. The van der Waals surface area contributed by atoms with Crippen LogP contribution >= 0.6 is 0 Å². The van der Waals surface area contributed by atoms with Crippen molar-refractivity contribution in [3.63, 3.8) is 0 Å². The number of fused-ring (bicyclic) bond motifs is 2. The Morgan fingerprint density at radius 1 is 0.955 bits per heavy atom. The standard InChI is InChI=1S/C17H11NO4/c1-2-22-17(21)18-10-7-8-13-14(9-10)16(20)12-6-4-3-5-11(12)15(13)19/h2-9H,1H2,(H,18,21). The van der Waals surface area contributed by atoms with Crippen molar-refractivity contribution >= 4 is 23.3 Å². The number of amides is 1. The first-order valence-electron chi connectivity index (χ1n) is 6.53. The van der Waals surface area contributed by atoms with Crippen LogP contribution in [0.5, 0.6) is 0 Å². The van der Waals surface area contributed by atoms with Crippen LogP contribution in [-0.2, 0) is 4.74 Å². The summed E-state index contributed by atoms with van der Waals surface area (Å²) < 4.78 is 4.56. The first-order valence-corrected chi connectivity index (χ1v) is 6.53. The predicted molar refractivity (Wildman–Crippen MR) is 80.0 cm³/mol. The molecule has 22 heavy (non-hydrogen) atoms. The van der Waals surface area contributed by atoms with Gasteiger partial charge in [-0.3, -0.25) is 14.9 Å². The fraction of sp³-hybridized carbons (Fsp3) is 0. The summed E-state index contributed by atoms with van der Waals surface area (Å²) in [4.78, 5) is 36.3. The minimum Gasteiger partial charge on any atom is -0.419 e. The van der Waals surface area contributed by atoms with Gasteiger partial charge in [0.1, 0.15) is 0 Å². The Labute approximate surface area is 126 Å². The molecule has 3 rings (SSSR count). The lowest BCUT2D eigenvalue weighted by Crippen LogP contribution is -2.21. The highest BCUT2D eigenvalue weighted by Gasteiger charge is 2.29. The zero-order chi connectivity index (χ0) is 15.7. The molecule has 5 heteroatoms. The van der Waals surface area contributed by atoms with Crippen LogP contribution in [0.25, 0.3) is 0 Å². The maximum absolute atomic E-state index is 12.5. The van der Waals surface area contributed by atoms with E-state index in [1.807, 2.05) is 0 Å². The molecule has 0 unspecified atom stereocenters. The van der Waals surface area contributed by atoms with E-state index in [9.17, 15) is 14.4 Å². The second-order valence-electron chi connectivity index (χ2n) is 4.66. The SMILES string of the molecule is C=COC(=O)Nc1ccc2c(c1)C(=O)c1ccccc1C2=O. The predicted octanol–water partition coefficient (Wildman–Crippen LogP) is 3.15. The van der Waals surface area contributed by atoms with Gasteiger partial charge >= 0.3 is 6.09 Å². The number of benzene rings is 2. The van der Waals surface area contributed by atoms with Crippen molar-refractivity contribution in [1.82, 2.24) is 0 Å². The summed E-state index contributed by atoms with van der Waals surface area (Å²) >= 11 is 0. The summed E-state index contributed by atoms with van der Waals surface area (Å²) in [7, 11) is 0. The van der Waals surface area contributed by atoms with Gasteiger partial charge in [-0.05, 0) is 18.2 Å². The van der Waals surface area contributed by atoms with E-state index < -0.39 is 6.09 Å². The van der Waals surface area contributed by atoms with Gasteiger partial charge in [0.2, 0.25) is 0 Å². The Morgan fingerprint density at radius 3 is 2.18 bits per heavy atom. The summed E-state index contributed by atoms with van der Waals surface area (Å²) in [6.45, 7) is 3.28. The van der Waals surface area contributed by atoms with Crippen LogP contribution in [-0.4, -0.2) is 17.7 Å². The van der Waals surface area contributed by atoms with Crippen LogP contribution in [0.15, 0.2) is 55.3 Å². The number of ketones is 2. The molecule has 0 aromatic heterocycles. The van der Waals surface area contributed by atoms with Crippen LogP contribution in [0.1, 0.15) is 31.8 Å². The van der Waals surface area contributed by atoms with Gasteiger partial charge in [0.15, 0.2) is 11.6 Å². The molecule has 1 amide bonds. The summed E-state index contributed by atoms with van der Waals surface area (Å²) in [6, 6.07) is 11.2. The average Bonchev–Trinajstić information content (AvgIpc) is 2.53. The van der Waals surface area contributed by atoms with Gasteiger partial charge < -0.3 is 4.74 Å². The van der Waals surface area contributed by atoms with Crippen molar-refractivity contribution < 1.29 is 19.1 Å². The van der Waals surface area contributed by atoms with Crippen LogP contribution in [0.2, 0.25) is 0 Å². The molecule has 0 atom stereocenters. The molecule has 0 saturated heterocycles. The number of hydrogen-bond acceptors (Lipinski definition) is 4. The van der Waals surface area contributed by atoms with Crippen LogP contribution in [0.3, 0.4) is 0 Å². The van der Waals surface area contributed by atoms with Crippen molar-refractivity contribution in [2.24, 2.45) is 0 Å². The van der Waals surface area contributed by atoms with Crippen LogP contribution in [0, 0.1) is 0 Å². The Hall–Kier alpha value is -3.21. The molecule has 2 aromatic rings. The highest BCUT2D eigenvalue weighted by atomic mass is 16.5. The molecule has 0 radical (unpaired) electrons. The van der Waals surface area contributed by atoms with E-state index in [1.165, 1.54) is 12.1 Å². The minimum absolute atomic E-state index is 0.203. The number of nitrogens with one attached hydrogen (secondary N) is 1. The van der Waals surface area contributed by atoms with E-state index in [2.05, 4.69) is 16.6 Å². The Bertz CT molecular complexity index is 823. The van der Waals surface area contributed by atoms with Crippen LogP contribution in [0.4, 0.5) is 10.5 Å². The smallest absolute Gasteiger partial charge is 0.416 e. The molecule has 0 bridgehead atoms. The lowest BCUT2D eigenvalue weighted by Gasteiger charge is -2.18. The van der Waals surface area contributed by atoms with Crippen molar-refractivity contribution in [2.75, 3.05) is 5.32 Å². The Kier molecular flexibility index (Phi) is 3.31. The van der Waals surface area contributed by atoms with Crippen molar-refractivity contribution in [3.05, 3.63) is 77.6 Å². The molecule has 0 fully saturated rings. The number of rotatable bonds is 2. The fourth-order valence-electron chi connectivity index (χ4n) is 2.40. The second-order valence-corrected chi connectivity index (χ2v) is 4.66. The Balaban J connectivity index is 2.02. The third-order valence-electron chi connectivity index (χ3n) is 3.36. The molecule has 0 aliphatic heterocycles. The van der Waals surface area contributed by atoms with Crippen LogP contribution < -0.4 is 5.32 Å². The highest BCUT2D eigenvalue weighted by molar-refractivity contribution is 6.28. The fourth-order valence-corrected chi connectivity index (χ4v) is 2.40. The first-order chi connectivity index (χ1) is 10.6.